The van der Waals surface area contributed by atoms with Crippen LogP contribution in [0.5, 0.6) is 5.75 Å². The van der Waals surface area contributed by atoms with Crippen molar-refractivity contribution in [1.29, 1.82) is 0 Å². The van der Waals surface area contributed by atoms with Gasteiger partial charge in [0.05, 0.1) is 18.7 Å². The molecule has 2 N–H and O–H groups in total. The molecular weight excluding hydrogens is 396 g/mol. The second-order valence-electron chi connectivity index (χ2n) is 6.71. The Balaban J connectivity index is 1.80. The summed E-state index contributed by atoms with van der Waals surface area (Å²) in [4.78, 5) is 47.5. The van der Waals surface area contributed by atoms with Crippen molar-refractivity contribution in [3.63, 3.8) is 0 Å². The number of carboxylic acid groups (broad SMARTS) is 1. The van der Waals surface area contributed by atoms with Gasteiger partial charge in [0.15, 0.2) is 12.1 Å². The molecule has 0 saturated carbocycles. The van der Waals surface area contributed by atoms with Crippen molar-refractivity contribution in [2.45, 2.75) is 38.7 Å². The van der Waals surface area contributed by atoms with Crippen molar-refractivity contribution in [2.75, 3.05) is 26.3 Å². The van der Waals surface area contributed by atoms with E-state index in [2.05, 4.69) is 5.32 Å². The van der Waals surface area contributed by atoms with E-state index in [1.54, 1.807) is 13.8 Å². The van der Waals surface area contributed by atoms with Crippen molar-refractivity contribution in [2.24, 2.45) is 0 Å². The normalized spacial score (nSPS) is 17.8. The first-order chi connectivity index (χ1) is 14.3. The number of nitrogens with zero attached hydrogens (tertiary/aromatic N) is 1. The van der Waals surface area contributed by atoms with E-state index in [1.165, 1.54) is 29.2 Å². The first kappa shape index (κ1) is 23.3. The van der Waals surface area contributed by atoms with Crippen molar-refractivity contribution < 1.29 is 38.5 Å². The maximum atomic E-state index is 12.5. The highest BCUT2D eigenvalue weighted by Crippen LogP contribution is 2.16. The SMILES string of the molecule is CCOC(C=O)Oc1ccc(C(=O)[C@H](C)NC(=O)CO[C@@H]2CCN(C(=O)O)C2)cc1. The lowest BCUT2D eigenvalue weighted by Gasteiger charge is -2.16. The molecule has 164 valence electrons. The van der Waals surface area contributed by atoms with Gasteiger partial charge in [0, 0.05) is 18.7 Å². The van der Waals surface area contributed by atoms with Gasteiger partial charge in [-0.15, -0.1) is 0 Å². The average Bonchev–Trinajstić information content (AvgIpc) is 3.21. The van der Waals surface area contributed by atoms with Gasteiger partial charge in [-0.05, 0) is 44.5 Å². The molecule has 2 rings (SSSR count). The molecule has 0 aliphatic carbocycles. The lowest BCUT2D eigenvalue weighted by molar-refractivity contribution is -0.136. The number of nitrogens with one attached hydrogen (secondary N) is 1. The molecule has 1 aromatic carbocycles. The number of aldehydes is 1. The summed E-state index contributed by atoms with van der Waals surface area (Å²) in [5, 5.41) is 11.5. The average molecular weight is 422 g/mol. The minimum absolute atomic E-state index is 0.222. The van der Waals surface area contributed by atoms with Crippen molar-refractivity contribution in [3.8, 4) is 5.75 Å². The fourth-order valence-corrected chi connectivity index (χ4v) is 2.93. The molecular formula is C20H26N2O8. The van der Waals surface area contributed by atoms with Crippen LogP contribution in [-0.4, -0.2) is 78.8 Å². The summed E-state index contributed by atoms with van der Waals surface area (Å²) >= 11 is 0. The first-order valence-corrected chi connectivity index (χ1v) is 9.60. The van der Waals surface area contributed by atoms with Gasteiger partial charge in [0.2, 0.25) is 5.91 Å². The predicted octanol–water partition coefficient (Wildman–Crippen LogP) is 1.08. The number of hydrogen-bond acceptors (Lipinski definition) is 7. The Kier molecular flexibility index (Phi) is 8.75. The van der Waals surface area contributed by atoms with Crippen LogP contribution in [0.4, 0.5) is 4.79 Å². The van der Waals surface area contributed by atoms with E-state index in [0.29, 0.717) is 37.2 Å². The van der Waals surface area contributed by atoms with Gasteiger partial charge in [-0.1, -0.05) is 0 Å². The molecule has 1 fully saturated rings. The maximum Gasteiger partial charge on any atom is 0.407 e. The smallest absolute Gasteiger partial charge is 0.407 e. The summed E-state index contributed by atoms with van der Waals surface area (Å²) in [6.45, 7) is 3.95. The summed E-state index contributed by atoms with van der Waals surface area (Å²) in [5.74, 6) is -0.395. The maximum absolute atomic E-state index is 12.5. The van der Waals surface area contributed by atoms with E-state index in [-0.39, 0.29) is 25.0 Å². The molecule has 30 heavy (non-hydrogen) atoms. The monoisotopic (exact) mass is 422 g/mol. The van der Waals surface area contributed by atoms with Gasteiger partial charge >= 0.3 is 6.09 Å². The number of benzene rings is 1. The summed E-state index contributed by atoms with van der Waals surface area (Å²) < 4.78 is 15.9. The first-order valence-electron chi connectivity index (χ1n) is 9.60. The molecule has 1 unspecified atom stereocenters. The van der Waals surface area contributed by atoms with Gasteiger partial charge in [-0.3, -0.25) is 14.4 Å². The Hall–Kier alpha value is -2.98. The Morgan fingerprint density at radius 2 is 2.00 bits per heavy atom. The molecule has 1 saturated heterocycles. The number of hydrogen-bond donors (Lipinski definition) is 2. The van der Waals surface area contributed by atoms with Crippen molar-refractivity contribution in [1.82, 2.24) is 10.2 Å². The number of carbonyl (C=O) groups is 4. The van der Waals surface area contributed by atoms with E-state index in [1.807, 2.05) is 0 Å². The Labute approximate surface area is 174 Å². The zero-order valence-electron chi connectivity index (χ0n) is 16.9. The summed E-state index contributed by atoms with van der Waals surface area (Å²) in [5.41, 5.74) is 0.364. The Morgan fingerprint density at radius 1 is 1.30 bits per heavy atom. The minimum atomic E-state index is -1.02. The van der Waals surface area contributed by atoms with Crippen LogP contribution >= 0.6 is 0 Å². The van der Waals surface area contributed by atoms with Gasteiger partial charge in [-0.2, -0.15) is 0 Å². The number of ether oxygens (including phenoxy) is 3. The zero-order valence-corrected chi connectivity index (χ0v) is 16.9. The number of Topliss-reactive ketones (excluding diaryl/α,β-unsaturated/α-hetero) is 1. The largest absolute Gasteiger partial charge is 0.465 e. The van der Waals surface area contributed by atoms with Crippen LogP contribution in [-0.2, 0) is 19.1 Å². The van der Waals surface area contributed by atoms with Crippen LogP contribution in [0.2, 0.25) is 0 Å². The number of ketones is 1. The molecule has 3 atom stereocenters. The fourth-order valence-electron chi connectivity index (χ4n) is 2.93. The molecule has 0 bridgehead atoms. The fraction of sp³-hybridized carbons (Fsp3) is 0.500. The molecule has 2 amide bonds. The van der Waals surface area contributed by atoms with Crippen molar-refractivity contribution in [3.05, 3.63) is 29.8 Å². The second kappa shape index (κ2) is 11.3. The third kappa shape index (κ3) is 6.82. The van der Waals surface area contributed by atoms with Gasteiger partial charge in [0.25, 0.3) is 6.29 Å². The summed E-state index contributed by atoms with van der Waals surface area (Å²) in [6, 6.07) is 5.36. The standard InChI is InChI=1S/C20H26N2O8/c1-3-28-18(11-23)30-15-6-4-14(5-7-15)19(25)13(2)21-17(24)12-29-16-8-9-22(10-16)20(26)27/h4-7,11,13,16,18H,3,8-10,12H2,1-2H3,(H,21,24)(H,26,27)/t13-,16+,18?/m0/s1. The zero-order chi connectivity index (χ0) is 22.1. The number of carbonyl (C=O) groups excluding carboxylic acids is 3. The molecule has 1 aromatic rings. The summed E-state index contributed by atoms with van der Waals surface area (Å²) in [7, 11) is 0. The molecule has 1 heterocycles. The lowest BCUT2D eigenvalue weighted by atomic mass is 10.1. The van der Waals surface area contributed by atoms with Crippen molar-refractivity contribution >= 4 is 24.1 Å². The predicted molar refractivity (Wildman–Crippen MR) is 104 cm³/mol. The molecule has 1 aliphatic rings. The van der Waals surface area contributed by atoms with Crippen LogP contribution in [0.25, 0.3) is 0 Å². The van der Waals surface area contributed by atoms with E-state index in [4.69, 9.17) is 19.3 Å². The van der Waals surface area contributed by atoms with E-state index >= 15 is 0 Å². The summed E-state index contributed by atoms with van der Waals surface area (Å²) in [6.07, 6.45) is -1.31. The van der Waals surface area contributed by atoms with Crippen LogP contribution in [0.3, 0.4) is 0 Å². The number of likely N-dealkylation sites (tertiary alicyclic amines) is 1. The van der Waals surface area contributed by atoms with E-state index < -0.39 is 24.3 Å². The van der Waals surface area contributed by atoms with Gasteiger partial charge < -0.3 is 29.5 Å². The molecule has 0 aromatic heterocycles. The Morgan fingerprint density at radius 3 is 2.57 bits per heavy atom. The third-order valence-corrected chi connectivity index (χ3v) is 4.47. The van der Waals surface area contributed by atoms with Crippen LogP contribution in [0.15, 0.2) is 24.3 Å². The molecule has 0 radical (unpaired) electrons. The number of rotatable bonds is 11. The highest BCUT2D eigenvalue weighted by atomic mass is 16.7. The second-order valence-corrected chi connectivity index (χ2v) is 6.71. The van der Waals surface area contributed by atoms with E-state index in [0.717, 1.165) is 0 Å². The van der Waals surface area contributed by atoms with Gasteiger partial charge in [0.1, 0.15) is 12.4 Å². The molecule has 10 heteroatoms. The Bertz CT molecular complexity index is 752. The van der Waals surface area contributed by atoms with Crippen LogP contribution in [0, 0.1) is 0 Å². The van der Waals surface area contributed by atoms with Crippen LogP contribution in [0.1, 0.15) is 30.6 Å². The van der Waals surface area contributed by atoms with Gasteiger partial charge in [-0.25, -0.2) is 4.79 Å². The third-order valence-electron chi connectivity index (χ3n) is 4.47. The molecule has 10 nitrogen and oxygen atoms in total. The molecule has 1 aliphatic heterocycles. The quantitative estimate of drug-likeness (QED) is 0.308. The number of amides is 2. The minimum Gasteiger partial charge on any atom is -0.465 e. The highest BCUT2D eigenvalue weighted by Gasteiger charge is 2.27. The topological polar surface area (TPSA) is 131 Å². The lowest BCUT2D eigenvalue weighted by Crippen LogP contribution is -2.41. The van der Waals surface area contributed by atoms with E-state index in [9.17, 15) is 19.2 Å². The van der Waals surface area contributed by atoms with Crippen LogP contribution < -0.4 is 10.1 Å². The molecule has 0 spiro atoms. The highest BCUT2D eigenvalue weighted by molar-refractivity contribution is 6.01.